The first-order chi connectivity index (χ1) is 12.2. The molecule has 0 atom stereocenters. The highest BCUT2D eigenvalue weighted by Gasteiger charge is 2.12. The van der Waals surface area contributed by atoms with Gasteiger partial charge in [0.1, 0.15) is 5.75 Å². The summed E-state index contributed by atoms with van der Waals surface area (Å²) in [6.07, 6.45) is 2.60. The van der Waals surface area contributed by atoms with Gasteiger partial charge in [-0.3, -0.25) is 0 Å². The molecule has 0 bridgehead atoms. The Morgan fingerprint density at radius 2 is 2.12 bits per heavy atom. The lowest BCUT2D eigenvalue weighted by atomic mass is 10.2. The number of halogens is 1. The Bertz CT molecular complexity index is 946. The number of fused-ring (bicyclic) bond motifs is 1. The molecule has 3 aromatic rings. The summed E-state index contributed by atoms with van der Waals surface area (Å²) in [6.45, 7) is -0.000248. The summed E-state index contributed by atoms with van der Waals surface area (Å²) >= 11 is 5.19. The van der Waals surface area contributed by atoms with Crippen LogP contribution in [0.2, 0.25) is 0 Å². The number of methoxy groups -OCH3 is 1. The molecule has 0 saturated heterocycles. The van der Waals surface area contributed by atoms with E-state index in [9.17, 15) is 5.11 Å². The molecule has 0 aliphatic carbocycles. The van der Waals surface area contributed by atoms with Crippen LogP contribution in [-0.4, -0.2) is 22.5 Å². The lowest BCUT2D eigenvalue weighted by Crippen LogP contribution is -1.94. The molecule has 25 heavy (non-hydrogen) atoms. The summed E-state index contributed by atoms with van der Waals surface area (Å²) in [7, 11) is 1.66. The van der Waals surface area contributed by atoms with E-state index in [1.165, 1.54) is 0 Å². The highest BCUT2D eigenvalue weighted by molar-refractivity contribution is 9.10. The van der Waals surface area contributed by atoms with Crippen molar-refractivity contribution in [2.24, 2.45) is 0 Å². The number of nitriles is 1. The predicted molar refractivity (Wildman–Crippen MR) is 104 cm³/mol. The Hall–Kier alpha value is -1.94. The largest absolute Gasteiger partial charge is 0.497 e. The van der Waals surface area contributed by atoms with Gasteiger partial charge in [0.05, 0.1) is 25.3 Å². The van der Waals surface area contributed by atoms with Gasteiger partial charge in [-0.05, 0) is 35.9 Å². The number of rotatable bonds is 6. The molecule has 128 valence electrons. The van der Waals surface area contributed by atoms with E-state index < -0.39 is 0 Å². The number of aliphatic hydroxyl groups is 1. The van der Waals surface area contributed by atoms with Gasteiger partial charge in [0.25, 0.3) is 0 Å². The van der Waals surface area contributed by atoms with Crippen molar-refractivity contribution in [3.8, 4) is 17.5 Å². The summed E-state index contributed by atoms with van der Waals surface area (Å²) in [6, 6.07) is 14.1. The fourth-order valence-electron chi connectivity index (χ4n) is 2.66. The van der Waals surface area contributed by atoms with Crippen molar-refractivity contribution in [3.63, 3.8) is 0 Å². The van der Waals surface area contributed by atoms with Crippen molar-refractivity contribution < 1.29 is 9.84 Å². The fraction of sp³-hybridized carbons (Fsp3) is 0.211. The zero-order valence-corrected chi connectivity index (χ0v) is 16.1. The van der Waals surface area contributed by atoms with Gasteiger partial charge in [0.15, 0.2) is 0 Å². The second kappa shape index (κ2) is 7.96. The van der Waals surface area contributed by atoms with Crippen molar-refractivity contribution >= 4 is 38.6 Å². The topological polar surface area (TPSA) is 58.2 Å². The lowest BCUT2D eigenvalue weighted by molar-refractivity contribution is 0.281. The highest BCUT2D eigenvalue weighted by Crippen LogP contribution is 2.35. The van der Waals surface area contributed by atoms with E-state index in [1.807, 2.05) is 36.4 Å². The Balaban J connectivity index is 2.11. The molecule has 1 heterocycles. The molecule has 0 radical (unpaired) electrons. The van der Waals surface area contributed by atoms with Gasteiger partial charge in [-0.2, -0.15) is 5.26 Å². The van der Waals surface area contributed by atoms with Crippen molar-refractivity contribution in [1.29, 1.82) is 5.26 Å². The van der Waals surface area contributed by atoms with E-state index in [2.05, 4.69) is 32.8 Å². The number of nitrogens with zero attached hydrogens (tertiary/aromatic N) is 2. The second-order valence-corrected chi connectivity index (χ2v) is 7.43. The molecule has 3 rings (SSSR count). The lowest BCUT2D eigenvalue weighted by Gasteiger charge is -2.08. The van der Waals surface area contributed by atoms with E-state index in [-0.39, 0.29) is 6.61 Å². The van der Waals surface area contributed by atoms with E-state index >= 15 is 0 Å². The zero-order valence-electron chi connectivity index (χ0n) is 13.7. The summed E-state index contributed by atoms with van der Waals surface area (Å²) in [5.41, 5.74) is 2.93. The fourth-order valence-corrected chi connectivity index (χ4v) is 4.06. The van der Waals surface area contributed by atoms with E-state index in [1.54, 1.807) is 18.9 Å². The Labute approximate surface area is 159 Å². The van der Waals surface area contributed by atoms with E-state index in [0.717, 1.165) is 43.0 Å². The van der Waals surface area contributed by atoms with Gasteiger partial charge in [-0.1, -0.05) is 22.0 Å². The number of aliphatic hydroxyl groups excluding tert-OH is 1. The Morgan fingerprint density at radius 1 is 1.28 bits per heavy atom. The first-order valence-corrected chi connectivity index (χ1v) is 9.54. The van der Waals surface area contributed by atoms with Gasteiger partial charge in [0, 0.05) is 38.8 Å². The standard InChI is InChI=1S/C19H17BrN2O2S/c1-24-15-5-6-18-16(10-15)19(25-8-2-7-21)11-22(18)14-4-3-13(12-23)17(20)9-14/h3-6,9-11,23H,2,8,12H2,1H3. The average molecular weight is 417 g/mol. The van der Waals surface area contributed by atoms with Gasteiger partial charge >= 0.3 is 0 Å². The Morgan fingerprint density at radius 3 is 2.80 bits per heavy atom. The summed E-state index contributed by atoms with van der Waals surface area (Å²) in [5, 5.41) is 19.2. The molecule has 1 N–H and O–H groups in total. The molecule has 0 unspecified atom stereocenters. The van der Waals surface area contributed by atoms with Gasteiger partial charge in [-0.25, -0.2) is 0 Å². The van der Waals surface area contributed by atoms with Crippen LogP contribution in [0.5, 0.6) is 5.75 Å². The second-order valence-electron chi connectivity index (χ2n) is 5.44. The van der Waals surface area contributed by atoms with Crippen LogP contribution in [0.4, 0.5) is 0 Å². The third-order valence-corrected chi connectivity index (χ3v) is 5.71. The predicted octanol–water partition coefficient (Wildman–Crippen LogP) is 4.90. The maximum Gasteiger partial charge on any atom is 0.119 e. The van der Waals surface area contributed by atoms with Crippen molar-refractivity contribution in [2.75, 3.05) is 12.9 Å². The first kappa shape index (κ1) is 17.9. The average Bonchev–Trinajstić information content (AvgIpc) is 3.00. The number of ether oxygens (including phenoxy) is 1. The van der Waals surface area contributed by atoms with Crippen LogP contribution < -0.4 is 4.74 Å². The minimum absolute atomic E-state index is 0.000248. The van der Waals surface area contributed by atoms with Crippen LogP contribution in [0.1, 0.15) is 12.0 Å². The quantitative estimate of drug-likeness (QED) is 0.458. The van der Waals surface area contributed by atoms with Crippen molar-refractivity contribution in [1.82, 2.24) is 4.57 Å². The summed E-state index contributed by atoms with van der Waals surface area (Å²) in [5.74, 6) is 1.56. The van der Waals surface area contributed by atoms with Crippen molar-refractivity contribution in [2.45, 2.75) is 17.9 Å². The van der Waals surface area contributed by atoms with E-state index in [4.69, 9.17) is 10.00 Å². The Kier molecular flexibility index (Phi) is 5.69. The maximum atomic E-state index is 9.35. The molecule has 6 heteroatoms. The molecular weight excluding hydrogens is 400 g/mol. The smallest absolute Gasteiger partial charge is 0.119 e. The number of hydrogen-bond acceptors (Lipinski definition) is 4. The van der Waals surface area contributed by atoms with Gasteiger partial charge in [0.2, 0.25) is 0 Å². The molecule has 1 aromatic heterocycles. The number of thioether (sulfide) groups is 1. The zero-order chi connectivity index (χ0) is 17.8. The molecule has 0 saturated carbocycles. The molecular formula is C19H17BrN2O2S. The number of hydrogen-bond donors (Lipinski definition) is 1. The molecule has 0 aliphatic rings. The van der Waals surface area contributed by atoms with Gasteiger partial charge in [-0.15, -0.1) is 11.8 Å². The molecule has 0 spiro atoms. The highest BCUT2D eigenvalue weighted by atomic mass is 79.9. The minimum Gasteiger partial charge on any atom is -0.497 e. The van der Waals surface area contributed by atoms with E-state index in [0.29, 0.717) is 6.42 Å². The minimum atomic E-state index is -0.000248. The molecule has 0 fully saturated rings. The van der Waals surface area contributed by atoms with Crippen LogP contribution in [0, 0.1) is 11.3 Å². The number of benzene rings is 2. The normalized spacial score (nSPS) is 10.8. The van der Waals surface area contributed by atoms with Crippen LogP contribution in [0.15, 0.2) is 52.0 Å². The SMILES string of the molecule is COc1ccc2c(c1)c(SCCC#N)cn2-c1ccc(CO)c(Br)c1. The van der Waals surface area contributed by atoms with Crippen LogP contribution in [-0.2, 0) is 6.61 Å². The summed E-state index contributed by atoms with van der Waals surface area (Å²) in [4.78, 5) is 1.12. The van der Waals surface area contributed by atoms with Gasteiger partial charge < -0.3 is 14.4 Å². The van der Waals surface area contributed by atoms with Crippen molar-refractivity contribution in [3.05, 3.63) is 52.6 Å². The van der Waals surface area contributed by atoms with Crippen LogP contribution >= 0.6 is 27.7 Å². The third kappa shape index (κ3) is 3.69. The molecule has 4 nitrogen and oxygen atoms in total. The molecule has 0 amide bonds. The first-order valence-electron chi connectivity index (χ1n) is 7.76. The summed E-state index contributed by atoms with van der Waals surface area (Å²) < 4.78 is 8.36. The third-order valence-electron chi connectivity index (χ3n) is 3.93. The number of aromatic nitrogens is 1. The molecule has 0 aliphatic heterocycles. The van der Waals surface area contributed by atoms with Crippen LogP contribution in [0.3, 0.4) is 0 Å². The monoisotopic (exact) mass is 416 g/mol. The van der Waals surface area contributed by atoms with Crippen LogP contribution in [0.25, 0.3) is 16.6 Å². The molecule has 2 aromatic carbocycles. The maximum absolute atomic E-state index is 9.35.